The largest absolute Gasteiger partial charge is 0.493 e. The molecule has 4 aromatic carbocycles. The standard InChI is InChI=1S/4C24H38N2O4/c4*1-14(2)9-17-13-26-8-7-16-10-21(28-5)22(29-6)11-18(16)19(26)12-20(17)30-24(27)23(25)15(3)4/h4*10-11,14-15,17,19-20,23H,7-9,12-13,25H2,1-6H3/t4*17?,19?,20?,23-/m0000/s1/i1D3,5D3,6D3,9D2,12D2,13D2,14D,17D,20D;1D3,6D3,9D2,12D2,13D2,14D,17D,20D;1D3,5D3,9D2,12D2,13D2,14D,17D,20D;1D3,9D2,12D2,13D2,14D,17D,20D/t4*14?,17?,19?,20?,23-. The van der Waals surface area contributed by atoms with Crippen LogP contribution >= 0.6 is 0 Å². The van der Waals surface area contributed by atoms with Gasteiger partial charge in [0.05, 0.1) is 78.5 Å². The summed E-state index contributed by atoms with van der Waals surface area (Å²) in [6.07, 6.45) is -45.4. The highest BCUT2D eigenvalue weighted by Crippen LogP contribution is 2.50. The first-order valence-corrected chi connectivity index (χ1v) is 38.5. The van der Waals surface area contributed by atoms with Crippen LogP contribution < -0.4 is 60.8 Å². The molecule has 672 valence electrons. The zero-order valence-corrected chi connectivity index (χ0v) is 69.8. The summed E-state index contributed by atoms with van der Waals surface area (Å²) in [4.78, 5) is 56.0. The van der Waals surface area contributed by atoms with Gasteiger partial charge in [0.25, 0.3) is 0 Å². The van der Waals surface area contributed by atoms with Crippen molar-refractivity contribution in [1.29, 1.82) is 0 Å². The van der Waals surface area contributed by atoms with Crippen molar-refractivity contribution in [2.45, 2.75) is 260 Å². The quantitative estimate of drug-likeness (QED) is 0.0303. The molecule has 8 heterocycles. The molecule has 4 saturated heterocycles. The molecule has 4 aromatic rings. The molecule has 8 aliphatic rings. The summed E-state index contributed by atoms with van der Waals surface area (Å²) >= 11 is 0. The molecular weight excluding hydrogens is 1520 g/mol. The first-order chi connectivity index (χ1) is 79.9. The van der Waals surface area contributed by atoms with E-state index in [1.807, 2.05) is 0 Å². The first kappa shape index (κ1) is 43.2. The van der Waals surface area contributed by atoms with Gasteiger partial charge in [-0.1, -0.05) is 110 Å². The van der Waals surface area contributed by atoms with Crippen LogP contribution in [0.2, 0.25) is 0 Å². The number of nitrogens with zero attached hydrogens (tertiary/aromatic N) is 4. The lowest BCUT2D eigenvalue weighted by molar-refractivity contribution is -0.161. The Morgan fingerprint density at radius 2 is 0.550 bits per heavy atom. The number of hydrogen-bond donors (Lipinski definition) is 4. The van der Waals surface area contributed by atoms with Crippen LogP contribution in [0.1, 0.15) is 312 Å². The van der Waals surface area contributed by atoms with Crippen molar-refractivity contribution in [3.63, 3.8) is 0 Å². The Morgan fingerprint density at radius 1 is 0.358 bits per heavy atom. The van der Waals surface area contributed by atoms with Crippen molar-refractivity contribution in [2.24, 2.45) is 93.8 Å². The summed E-state index contributed by atoms with van der Waals surface area (Å²) in [6, 6.07) is -4.30. The summed E-state index contributed by atoms with van der Waals surface area (Å²) in [5.41, 5.74) is 24.3. The van der Waals surface area contributed by atoms with Crippen molar-refractivity contribution < 1.29 is 158 Å². The number of ether oxygens (including phenoxy) is 12. The number of methoxy groups -OCH3 is 8. The van der Waals surface area contributed by atoms with Gasteiger partial charge < -0.3 is 79.8 Å². The van der Waals surface area contributed by atoms with E-state index in [0.29, 0.717) is 54.4 Å². The summed E-state index contributed by atoms with van der Waals surface area (Å²) in [5.74, 6) is -39.6. The number of esters is 4. The SMILES string of the molecule is [2H]C([2H])([2H])C([2H])(C)C([2H])([2H])C1([2H])C([2H])([2H])N2CCc3cc(OC)c(OC)cc3C2C([2H])([2H])C1([2H])OC(=O)[C@@H](N)C(C)C.[2H]C([2H])([2H])Oc1cc2c(cc1OC([2H])([2H])[2H])C1N(CC2)C([2H])([2H])C([2H])(C([2H])([2H])C([2H])(C)C([2H])([2H])[2H])C([2H])(OC(=O)[C@@H](N)C(C)C)C1([2H])[2H].[2H]C([2H])([2H])Oc1cc2c(cc1OC)C1N(CC2)C([2H])([2H])C([2H])(C([2H])([2H])C([2H])(C)C([2H])([2H])[2H])C([2H])(OC(=O)[C@@H](N)C(C)C)C1([2H])[2H].[2H]C([2H])([2H])Oc1cc2c(cc1OC)CCN1C2C([2H])([2H])C([2H])(OC(=O)[C@@H](N)C(C)C)C([2H])(C([2H])([2H])C([2H])(C)C([2H])([2H])[2H])C1([2H])[2H]. The van der Waals surface area contributed by atoms with Crippen molar-refractivity contribution in [3.05, 3.63) is 93.0 Å². The lowest BCUT2D eigenvalue weighted by atomic mass is 9.79. The maximum atomic E-state index is 13.3. The predicted octanol–water partition coefficient (Wildman–Crippen LogP) is 14.3. The Morgan fingerprint density at radius 3 is 0.733 bits per heavy atom. The smallest absolute Gasteiger partial charge is 0.323 e. The molecule has 0 saturated carbocycles. The average molecular weight is 1730 g/mol. The molecule has 8 N–H and O–H groups in total. The lowest BCUT2D eigenvalue weighted by Gasteiger charge is -2.47. The van der Waals surface area contributed by atoms with Gasteiger partial charge in [-0.15, -0.1) is 0 Å². The van der Waals surface area contributed by atoms with E-state index in [2.05, 4.69) is 0 Å². The van der Waals surface area contributed by atoms with Crippen LogP contribution in [0.5, 0.6) is 46.0 Å². The third-order valence-corrected chi connectivity index (χ3v) is 20.1. The fourth-order valence-electron chi connectivity index (χ4n) is 13.3. The van der Waals surface area contributed by atoms with Crippen LogP contribution in [-0.4, -0.2) is 201 Å². The van der Waals surface area contributed by atoms with Crippen molar-refractivity contribution in [3.8, 4) is 46.0 Å². The minimum absolute atomic E-state index is 0.0499. The molecule has 4 fully saturated rings. The Bertz CT molecular complexity index is 6850. The summed E-state index contributed by atoms with van der Waals surface area (Å²) in [7, 11) is -7.11. The molecule has 24 nitrogen and oxygen atoms in total. The molecule has 0 spiro atoms. The van der Waals surface area contributed by atoms with Gasteiger partial charge >= 0.3 is 23.9 Å². The second-order valence-electron chi connectivity index (χ2n) is 30.2. The molecule has 0 aromatic heterocycles. The van der Waals surface area contributed by atoms with Gasteiger partial charge in [-0.3, -0.25) is 38.8 Å². The van der Waals surface area contributed by atoms with E-state index in [1.165, 1.54) is 102 Å². The van der Waals surface area contributed by atoms with Crippen LogP contribution in [0.4, 0.5) is 0 Å². The monoisotopic (exact) mass is 1730 g/mol. The number of nitrogens with two attached hydrogens (primary N) is 4. The maximum absolute atomic E-state index is 13.3. The van der Waals surface area contributed by atoms with E-state index < -0.39 is 337 Å². The van der Waals surface area contributed by atoms with E-state index in [9.17, 15) is 49.3 Å². The third-order valence-electron chi connectivity index (χ3n) is 20.1. The van der Waals surface area contributed by atoms with Crippen LogP contribution in [0, 0.1) is 70.8 Å². The molecular formula is C96H152N8O16. The molecule has 12 rings (SSSR count). The average Bonchev–Trinajstić information content (AvgIpc) is 0.660. The number of hydrogen-bond acceptors (Lipinski definition) is 24. The number of benzene rings is 4. The highest BCUT2D eigenvalue weighted by atomic mass is 16.6. The molecule has 8 aliphatic heterocycles. The highest BCUT2D eigenvalue weighted by molar-refractivity contribution is 5.77. The van der Waals surface area contributed by atoms with E-state index in [4.69, 9.17) is 132 Å². The van der Waals surface area contributed by atoms with Crippen molar-refractivity contribution in [2.75, 3.05) is 109 Å². The van der Waals surface area contributed by atoms with Crippen LogP contribution in [-0.2, 0) is 63.8 Å². The van der Waals surface area contributed by atoms with E-state index in [-0.39, 0.29) is 88.6 Å². The number of carbonyl (C=O) groups excluding carboxylic acids is 4. The Hall–Kier alpha value is -7.16. The van der Waals surface area contributed by atoms with Gasteiger partial charge in [-0.25, -0.2) is 0 Å². The summed E-state index contributed by atoms with van der Waals surface area (Å²) < 4.78 is 575. The third kappa shape index (κ3) is 23.8. The van der Waals surface area contributed by atoms with E-state index in [0.717, 1.165) is 34.1 Å². The number of rotatable bonds is 28. The minimum Gasteiger partial charge on any atom is -0.493 e. The number of fused-ring (bicyclic) bond motifs is 12. The number of carbonyl (C=O) groups is 4. The van der Waals surface area contributed by atoms with Crippen LogP contribution in [0.25, 0.3) is 0 Å². The zero-order chi connectivity index (χ0) is 141. The Kier molecular flexibility index (Phi) is 15.8. The van der Waals surface area contributed by atoms with Gasteiger partial charge in [0.1, 0.15) is 48.5 Å². The minimum atomic E-state index is -4.05. The highest BCUT2D eigenvalue weighted by Gasteiger charge is 2.47. The van der Waals surface area contributed by atoms with E-state index >= 15 is 0 Å². The molecule has 0 radical (unpaired) electrons. The molecule has 20 atom stereocenters. The Labute approximate surface area is 803 Å². The van der Waals surface area contributed by atoms with Gasteiger partial charge in [0, 0.05) is 186 Å². The Balaban J connectivity index is 0.000000262. The fraction of sp³-hybridized carbons (Fsp3) is 0.708. The molecule has 0 amide bonds. The van der Waals surface area contributed by atoms with Gasteiger partial charge in [0.15, 0.2) is 46.0 Å². The molecule has 0 aliphatic carbocycles. The summed E-state index contributed by atoms with van der Waals surface area (Å²) in [5, 5.41) is 0. The maximum Gasteiger partial charge on any atom is 0.323 e. The van der Waals surface area contributed by atoms with E-state index in [1.54, 1.807) is 6.07 Å². The molecule has 0 bridgehead atoms. The second-order valence-corrected chi connectivity index (χ2v) is 30.2. The predicted molar refractivity (Wildman–Crippen MR) is 471 cm³/mol. The van der Waals surface area contributed by atoms with Gasteiger partial charge in [0.2, 0.25) is 0 Å². The fourth-order valence-corrected chi connectivity index (χ4v) is 13.3. The normalized spacial score (nSPS) is 43.8. The lowest BCUT2D eigenvalue weighted by Crippen LogP contribution is -2.51. The number of piperidine rings is 4. The zero-order valence-electron chi connectivity index (χ0n) is 130. The van der Waals surface area contributed by atoms with Crippen molar-refractivity contribution in [1.82, 2.24) is 19.6 Å². The molecule has 120 heavy (non-hydrogen) atoms. The van der Waals surface area contributed by atoms with Gasteiger partial charge in [-0.2, -0.15) is 0 Å². The molecule has 24 heteroatoms. The summed E-state index contributed by atoms with van der Waals surface area (Å²) in [6.45, 7) is -15.6. The molecule has 16 unspecified atom stereocenters. The van der Waals surface area contributed by atoms with Crippen LogP contribution in [0.15, 0.2) is 48.5 Å². The first-order valence-electron chi connectivity index (χ1n) is 68.5. The van der Waals surface area contributed by atoms with Crippen molar-refractivity contribution >= 4 is 23.9 Å². The topological polar surface area (TPSA) is 296 Å². The second kappa shape index (κ2) is 43.9. The van der Waals surface area contributed by atoms with Gasteiger partial charge in [-0.05, 0) is 191 Å². The van der Waals surface area contributed by atoms with Crippen LogP contribution in [0.3, 0.4) is 0 Å².